The van der Waals surface area contributed by atoms with E-state index in [9.17, 15) is 13.5 Å². The summed E-state index contributed by atoms with van der Waals surface area (Å²) in [7, 11) is -2.24. The summed E-state index contributed by atoms with van der Waals surface area (Å²) in [6.07, 6.45) is 2.87. The van der Waals surface area contributed by atoms with Crippen molar-refractivity contribution in [1.82, 2.24) is 9.55 Å². The van der Waals surface area contributed by atoms with Crippen LogP contribution in [0, 0.1) is 0 Å². The van der Waals surface area contributed by atoms with Crippen LogP contribution in [-0.2, 0) is 23.2 Å². The van der Waals surface area contributed by atoms with Crippen molar-refractivity contribution in [2.45, 2.75) is 25.0 Å². The zero-order chi connectivity index (χ0) is 15.5. The van der Waals surface area contributed by atoms with Gasteiger partial charge in [-0.2, -0.15) is 0 Å². The number of rotatable bonds is 6. The van der Waals surface area contributed by atoms with Crippen molar-refractivity contribution < 1.29 is 18.3 Å². The van der Waals surface area contributed by atoms with Crippen molar-refractivity contribution in [3.8, 4) is 5.88 Å². The highest BCUT2D eigenvalue weighted by Crippen LogP contribution is 2.19. The quantitative estimate of drug-likeness (QED) is 0.836. The molecule has 0 saturated heterocycles. The number of ether oxygens (including phenoxy) is 1. The molecule has 0 aromatic carbocycles. The molecule has 0 aliphatic carbocycles. The lowest BCUT2D eigenvalue weighted by Gasteiger charge is -2.06. The normalized spacial score (nSPS) is 11.4. The topological polar surface area (TPSA) is 93.5 Å². The Bertz CT molecular complexity index is 686. The minimum atomic E-state index is -3.72. The van der Waals surface area contributed by atoms with Crippen LogP contribution < -0.4 is 9.46 Å². The second-order valence-corrected chi connectivity index (χ2v) is 5.99. The van der Waals surface area contributed by atoms with Crippen LogP contribution in [0.1, 0.15) is 12.6 Å². The average Bonchev–Trinajstić information content (AvgIpc) is 2.92. The number of methoxy groups -OCH3 is 1. The molecule has 0 aliphatic rings. The predicted octanol–water partition coefficient (Wildman–Crippen LogP) is 1.20. The molecule has 114 valence electrons. The number of nitrogens with zero attached hydrogens (tertiary/aromatic N) is 2. The van der Waals surface area contributed by atoms with Crippen molar-refractivity contribution in [3.05, 3.63) is 36.3 Å². The average molecular weight is 311 g/mol. The van der Waals surface area contributed by atoms with Gasteiger partial charge in [-0.15, -0.1) is 0 Å². The molecule has 0 atom stereocenters. The standard InChI is InChI=1S/C13H17N3O4S/c1-3-16-8-12(6-11(16)9-17)21(18,19)15-10-4-5-13(20-2)14-7-10/h4-8,15,17H,3,9H2,1-2H3. The number of nitrogens with one attached hydrogen (secondary N) is 1. The maximum atomic E-state index is 12.3. The maximum Gasteiger partial charge on any atom is 0.263 e. The van der Waals surface area contributed by atoms with Gasteiger partial charge in [0.2, 0.25) is 5.88 Å². The summed E-state index contributed by atoms with van der Waals surface area (Å²) in [4.78, 5) is 4.04. The fourth-order valence-corrected chi connectivity index (χ4v) is 2.98. The Kier molecular flexibility index (Phi) is 4.49. The first-order valence-corrected chi connectivity index (χ1v) is 7.81. The number of pyridine rings is 1. The third kappa shape index (κ3) is 3.34. The van der Waals surface area contributed by atoms with Crippen molar-refractivity contribution >= 4 is 15.7 Å². The highest BCUT2D eigenvalue weighted by molar-refractivity contribution is 7.92. The number of anilines is 1. The first kappa shape index (κ1) is 15.3. The Balaban J connectivity index is 2.26. The third-order valence-electron chi connectivity index (χ3n) is 2.97. The number of sulfonamides is 1. The van der Waals surface area contributed by atoms with E-state index in [2.05, 4.69) is 9.71 Å². The minimum absolute atomic E-state index is 0.101. The molecule has 2 aromatic rings. The lowest BCUT2D eigenvalue weighted by atomic mass is 10.4. The molecule has 2 N–H and O–H groups in total. The molecular weight excluding hydrogens is 294 g/mol. The minimum Gasteiger partial charge on any atom is -0.481 e. The Labute approximate surface area is 123 Å². The first-order valence-electron chi connectivity index (χ1n) is 6.33. The summed E-state index contributed by atoms with van der Waals surface area (Å²) in [5.41, 5.74) is 0.885. The summed E-state index contributed by atoms with van der Waals surface area (Å²) >= 11 is 0. The summed E-state index contributed by atoms with van der Waals surface area (Å²) in [6.45, 7) is 2.24. The van der Waals surface area contributed by atoms with Crippen LogP contribution in [0.4, 0.5) is 5.69 Å². The van der Waals surface area contributed by atoms with E-state index in [1.54, 1.807) is 16.7 Å². The van der Waals surface area contributed by atoms with Gasteiger partial charge in [0.1, 0.15) is 4.90 Å². The molecule has 0 amide bonds. The van der Waals surface area contributed by atoms with Gasteiger partial charge in [0.15, 0.2) is 0 Å². The Morgan fingerprint density at radius 3 is 2.67 bits per heavy atom. The van der Waals surface area contributed by atoms with Gasteiger partial charge in [-0.3, -0.25) is 4.72 Å². The highest BCUT2D eigenvalue weighted by atomic mass is 32.2. The Morgan fingerprint density at radius 2 is 2.19 bits per heavy atom. The molecule has 2 rings (SSSR count). The maximum absolute atomic E-state index is 12.3. The van der Waals surface area contributed by atoms with Gasteiger partial charge in [0.05, 0.1) is 25.6 Å². The van der Waals surface area contributed by atoms with Crippen LogP contribution in [0.25, 0.3) is 0 Å². The van der Waals surface area contributed by atoms with Crippen molar-refractivity contribution in [2.24, 2.45) is 0 Å². The van der Waals surface area contributed by atoms with Crippen LogP contribution >= 0.6 is 0 Å². The van der Waals surface area contributed by atoms with Crippen LogP contribution in [0.3, 0.4) is 0 Å². The van der Waals surface area contributed by atoms with Gasteiger partial charge in [0.25, 0.3) is 10.0 Å². The van der Waals surface area contributed by atoms with Crippen molar-refractivity contribution in [1.29, 1.82) is 0 Å². The number of aliphatic hydroxyl groups excluding tert-OH is 1. The van der Waals surface area contributed by atoms with E-state index in [1.165, 1.54) is 25.6 Å². The molecule has 0 unspecified atom stereocenters. The van der Waals surface area contributed by atoms with E-state index in [-0.39, 0.29) is 11.5 Å². The summed E-state index contributed by atoms with van der Waals surface area (Å²) in [5.74, 6) is 0.401. The van der Waals surface area contributed by atoms with Gasteiger partial charge in [-0.05, 0) is 19.1 Å². The van der Waals surface area contributed by atoms with Gasteiger partial charge < -0.3 is 14.4 Å². The van der Waals surface area contributed by atoms with E-state index in [0.717, 1.165) is 0 Å². The lowest BCUT2D eigenvalue weighted by molar-refractivity contribution is 0.271. The van der Waals surface area contributed by atoms with Crippen LogP contribution in [-0.4, -0.2) is 30.2 Å². The molecule has 0 spiro atoms. The third-order valence-corrected chi connectivity index (χ3v) is 4.32. The number of aryl methyl sites for hydroxylation is 1. The van der Waals surface area contributed by atoms with Crippen LogP contribution in [0.15, 0.2) is 35.5 Å². The molecule has 0 bridgehead atoms. The second kappa shape index (κ2) is 6.15. The summed E-state index contributed by atoms with van der Waals surface area (Å²) in [6, 6.07) is 4.57. The predicted molar refractivity (Wildman–Crippen MR) is 77.6 cm³/mol. The lowest BCUT2D eigenvalue weighted by Crippen LogP contribution is -2.12. The number of aliphatic hydroxyl groups is 1. The molecule has 21 heavy (non-hydrogen) atoms. The smallest absolute Gasteiger partial charge is 0.263 e. The van der Waals surface area contributed by atoms with Gasteiger partial charge in [0, 0.05) is 24.5 Å². The highest BCUT2D eigenvalue weighted by Gasteiger charge is 2.18. The molecule has 0 aliphatic heterocycles. The fraction of sp³-hybridized carbons (Fsp3) is 0.308. The van der Waals surface area contributed by atoms with Gasteiger partial charge in [-0.1, -0.05) is 0 Å². The monoisotopic (exact) mass is 311 g/mol. The molecule has 8 heteroatoms. The summed E-state index contributed by atoms with van der Waals surface area (Å²) in [5, 5.41) is 9.22. The first-order chi connectivity index (χ1) is 10.00. The molecule has 0 fully saturated rings. The molecule has 0 saturated carbocycles. The van der Waals surface area contributed by atoms with Gasteiger partial charge >= 0.3 is 0 Å². The molecule has 7 nitrogen and oxygen atoms in total. The van der Waals surface area contributed by atoms with E-state index in [0.29, 0.717) is 23.8 Å². The second-order valence-electron chi connectivity index (χ2n) is 4.31. The zero-order valence-corrected chi connectivity index (χ0v) is 12.6. The molecule has 2 heterocycles. The number of hydrogen-bond acceptors (Lipinski definition) is 5. The Morgan fingerprint density at radius 1 is 1.43 bits per heavy atom. The van der Waals surface area contributed by atoms with Crippen molar-refractivity contribution in [2.75, 3.05) is 11.8 Å². The Hall–Kier alpha value is -2.06. The molecular formula is C13H17N3O4S. The van der Waals surface area contributed by atoms with E-state index in [1.807, 2.05) is 6.92 Å². The molecule has 2 aromatic heterocycles. The van der Waals surface area contributed by atoms with Gasteiger partial charge in [-0.25, -0.2) is 13.4 Å². The van der Waals surface area contributed by atoms with E-state index >= 15 is 0 Å². The largest absolute Gasteiger partial charge is 0.481 e. The summed E-state index contributed by atoms with van der Waals surface area (Å²) < 4.78 is 33.6. The fourth-order valence-electron chi connectivity index (χ4n) is 1.87. The van der Waals surface area contributed by atoms with Crippen LogP contribution in [0.5, 0.6) is 5.88 Å². The SMILES string of the molecule is CCn1cc(S(=O)(=O)Nc2ccc(OC)nc2)cc1CO. The van der Waals surface area contributed by atoms with Crippen molar-refractivity contribution in [3.63, 3.8) is 0 Å². The number of hydrogen-bond donors (Lipinski definition) is 2. The number of aromatic nitrogens is 2. The zero-order valence-electron chi connectivity index (χ0n) is 11.8. The van der Waals surface area contributed by atoms with E-state index < -0.39 is 10.0 Å². The molecule has 0 radical (unpaired) electrons. The van der Waals surface area contributed by atoms with E-state index in [4.69, 9.17) is 4.74 Å². The van der Waals surface area contributed by atoms with Crippen LogP contribution in [0.2, 0.25) is 0 Å².